The lowest BCUT2D eigenvalue weighted by Crippen LogP contribution is -2.08. The number of imidazole rings is 1. The van der Waals surface area contributed by atoms with Crippen molar-refractivity contribution in [2.24, 2.45) is 0 Å². The number of hydrogen-bond donors (Lipinski definition) is 0. The Morgan fingerprint density at radius 3 is 2.76 bits per heavy atom. The van der Waals surface area contributed by atoms with Crippen LogP contribution in [0.2, 0.25) is 0 Å². The van der Waals surface area contributed by atoms with Crippen LogP contribution in [0.4, 0.5) is 0 Å². The predicted molar refractivity (Wildman–Crippen MR) is 86.7 cm³/mol. The van der Waals surface area contributed by atoms with Crippen molar-refractivity contribution < 1.29 is 0 Å². The van der Waals surface area contributed by atoms with Crippen molar-refractivity contribution in [2.45, 2.75) is 32.2 Å². The van der Waals surface area contributed by atoms with Crippen LogP contribution in [0.15, 0.2) is 42.6 Å². The molecule has 0 amide bonds. The first-order valence-corrected chi connectivity index (χ1v) is 7.60. The van der Waals surface area contributed by atoms with Crippen molar-refractivity contribution in [3.8, 4) is 0 Å². The van der Waals surface area contributed by atoms with Gasteiger partial charge in [0.05, 0.1) is 16.4 Å². The molecule has 0 spiro atoms. The van der Waals surface area contributed by atoms with Gasteiger partial charge < -0.3 is 4.57 Å². The molecule has 0 aliphatic carbocycles. The molecule has 1 aromatic carbocycles. The van der Waals surface area contributed by atoms with Crippen molar-refractivity contribution in [3.05, 3.63) is 59.7 Å². The molecule has 0 radical (unpaired) electrons. The molecule has 3 rings (SSSR count). The Hall–Kier alpha value is -1.87. The second-order valence-electron chi connectivity index (χ2n) is 5.25. The number of pyridine rings is 1. The minimum atomic E-state index is -0.111. The fourth-order valence-electron chi connectivity index (χ4n) is 2.69. The van der Waals surface area contributed by atoms with Gasteiger partial charge in [-0.05, 0) is 37.6 Å². The fourth-order valence-corrected chi connectivity index (χ4v) is 2.85. The van der Waals surface area contributed by atoms with Gasteiger partial charge in [0.25, 0.3) is 0 Å². The number of fused-ring (bicyclic) bond motifs is 1. The van der Waals surface area contributed by atoms with Crippen LogP contribution in [-0.2, 0) is 13.0 Å². The minimum absolute atomic E-state index is 0.111. The van der Waals surface area contributed by atoms with Crippen LogP contribution >= 0.6 is 11.6 Å². The first kappa shape index (κ1) is 14.1. The zero-order valence-corrected chi connectivity index (χ0v) is 13.0. The predicted octanol–water partition coefficient (Wildman–Crippen LogP) is 4.28. The Bertz CT molecular complexity index is 747. The van der Waals surface area contributed by atoms with Crippen molar-refractivity contribution in [3.63, 3.8) is 0 Å². The van der Waals surface area contributed by atoms with Gasteiger partial charge in [-0.15, -0.1) is 11.6 Å². The van der Waals surface area contributed by atoms with Crippen LogP contribution in [-0.4, -0.2) is 14.5 Å². The number of nitrogens with zero attached hydrogens (tertiary/aromatic N) is 3. The van der Waals surface area contributed by atoms with E-state index in [-0.39, 0.29) is 5.38 Å². The van der Waals surface area contributed by atoms with Gasteiger partial charge in [-0.2, -0.15) is 0 Å². The number of para-hydroxylation sites is 1. The van der Waals surface area contributed by atoms with Crippen molar-refractivity contribution in [2.75, 3.05) is 0 Å². The quantitative estimate of drug-likeness (QED) is 0.673. The van der Waals surface area contributed by atoms with E-state index in [0.29, 0.717) is 0 Å². The standard InChI is InChI=1S/C17H18ClN3/c1-12-6-5-8-15-16(12)21(17(20-15)13(2)18)11-9-14-7-3-4-10-19-14/h3-8,10,13H,9,11H2,1-2H3. The molecule has 4 heteroatoms. The van der Waals surface area contributed by atoms with E-state index >= 15 is 0 Å². The van der Waals surface area contributed by atoms with E-state index in [0.717, 1.165) is 30.0 Å². The molecule has 1 atom stereocenters. The molecule has 21 heavy (non-hydrogen) atoms. The molecule has 0 saturated carbocycles. The highest BCUT2D eigenvalue weighted by atomic mass is 35.5. The maximum Gasteiger partial charge on any atom is 0.127 e. The summed E-state index contributed by atoms with van der Waals surface area (Å²) in [6, 6.07) is 12.2. The van der Waals surface area contributed by atoms with E-state index in [1.807, 2.05) is 37.4 Å². The monoisotopic (exact) mass is 299 g/mol. The number of benzene rings is 1. The van der Waals surface area contributed by atoms with Gasteiger partial charge in [0.15, 0.2) is 0 Å². The van der Waals surface area contributed by atoms with Gasteiger partial charge in [-0.3, -0.25) is 4.98 Å². The van der Waals surface area contributed by atoms with Crippen LogP contribution in [0, 0.1) is 6.92 Å². The van der Waals surface area contributed by atoms with E-state index in [1.54, 1.807) is 0 Å². The highest BCUT2D eigenvalue weighted by molar-refractivity contribution is 6.20. The average Bonchev–Trinajstić information content (AvgIpc) is 2.86. The number of aryl methyl sites for hydroxylation is 3. The van der Waals surface area contributed by atoms with Crippen LogP contribution in [0.25, 0.3) is 11.0 Å². The smallest absolute Gasteiger partial charge is 0.127 e. The Morgan fingerprint density at radius 1 is 1.19 bits per heavy atom. The Balaban J connectivity index is 2.01. The largest absolute Gasteiger partial charge is 0.326 e. The highest BCUT2D eigenvalue weighted by Gasteiger charge is 2.16. The van der Waals surface area contributed by atoms with E-state index in [9.17, 15) is 0 Å². The number of halogens is 1. The molecule has 2 heterocycles. The lowest BCUT2D eigenvalue weighted by atomic mass is 10.2. The molecule has 3 aromatic rings. The first-order chi connectivity index (χ1) is 10.2. The third-order valence-corrected chi connectivity index (χ3v) is 3.87. The van der Waals surface area contributed by atoms with Gasteiger partial charge in [-0.25, -0.2) is 4.98 Å². The Labute approximate surface area is 129 Å². The normalized spacial score (nSPS) is 12.7. The van der Waals surface area contributed by atoms with Crippen LogP contribution < -0.4 is 0 Å². The van der Waals surface area contributed by atoms with E-state index in [1.165, 1.54) is 11.1 Å². The number of rotatable bonds is 4. The molecule has 0 aliphatic rings. The van der Waals surface area contributed by atoms with Crippen molar-refractivity contribution in [1.29, 1.82) is 0 Å². The zero-order valence-electron chi connectivity index (χ0n) is 12.3. The Morgan fingerprint density at radius 2 is 2.05 bits per heavy atom. The molecule has 0 N–H and O–H groups in total. The summed E-state index contributed by atoms with van der Waals surface area (Å²) in [5.41, 5.74) is 4.50. The minimum Gasteiger partial charge on any atom is -0.326 e. The van der Waals surface area contributed by atoms with Crippen LogP contribution in [0.1, 0.15) is 29.4 Å². The van der Waals surface area contributed by atoms with E-state index < -0.39 is 0 Å². The van der Waals surface area contributed by atoms with Gasteiger partial charge in [0, 0.05) is 24.9 Å². The summed E-state index contributed by atoms with van der Waals surface area (Å²) in [5.74, 6) is 0.928. The number of alkyl halides is 1. The Kier molecular flexibility index (Phi) is 3.93. The summed E-state index contributed by atoms with van der Waals surface area (Å²) in [6.45, 7) is 4.92. The van der Waals surface area contributed by atoms with Crippen LogP contribution in [0.3, 0.4) is 0 Å². The van der Waals surface area contributed by atoms with E-state index in [4.69, 9.17) is 16.6 Å². The molecule has 3 nitrogen and oxygen atoms in total. The van der Waals surface area contributed by atoms with Gasteiger partial charge in [0.1, 0.15) is 5.82 Å². The van der Waals surface area contributed by atoms with Gasteiger partial charge in [-0.1, -0.05) is 18.2 Å². The maximum absolute atomic E-state index is 6.31. The first-order valence-electron chi connectivity index (χ1n) is 7.16. The zero-order chi connectivity index (χ0) is 14.8. The number of aromatic nitrogens is 3. The second kappa shape index (κ2) is 5.86. The van der Waals surface area contributed by atoms with Crippen molar-refractivity contribution in [1.82, 2.24) is 14.5 Å². The molecular formula is C17H18ClN3. The average molecular weight is 300 g/mol. The summed E-state index contributed by atoms with van der Waals surface area (Å²) < 4.78 is 2.23. The van der Waals surface area contributed by atoms with Crippen molar-refractivity contribution >= 4 is 22.6 Å². The number of hydrogen-bond acceptors (Lipinski definition) is 2. The summed E-state index contributed by atoms with van der Waals surface area (Å²) in [5, 5.41) is -0.111. The maximum atomic E-state index is 6.31. The second-order valence-corrected chi connectivity index (χ2v) is 5.91. The topological polar surface area (TPSA) is 30.7 Å². The molecule has 0 saturated heterocycles. The summed E-state index contributed by atoms with van der Waals surface area (Å²) in [4.78, 5) is 9.08. The summed E-state index contributed by atoms with van der Waals surface area (Å²) >= 11 is 6.31. The SMILES string of the molecule is Cc1cccc2nc(C(C)Cl)n(CCc3ccccn3)c12. The molecule has 0 bridgehead atoms. The molecule has 0 fully saturated rings. The lowest BCUT2D eigenvalue weighted by molar-refractivity contribution is 0.659. The summed E-state index contributed by atoms with van der Waals surface area (Å²) in [6.07, 6.45) is 2.70. The van der Waals surface area contributed by atoms with E-state index in [2.05, 4.69) is 28.6 Å². The molecule has 1 unspecified atom stereocenters. The third kappa shape index (κ3) is 2.79. The molecule has 2 aromatic heterocycles. The fraction of sp³-hybridized carbons (Fsp3) is 0.294. The van der Waals surface area contributed by atoms with Gasteiger partial charge in [0.2, 0.25) is 0 Å². The van der Waals surface area contributed by atoms with Gasteiger partial charge >= 0.3 is 0 Å². The molecule has 0 aliphatic heterocycles. The molecular weight excluding hydrogens is 282 g/mol. The van der Waals surface area contributed by atoms with Crippen LogP contribution in [0.5, 0.6) is 0 Å². The lowest BCUT2D eigenvalue weighted by Gasteiger charge is -2.11. The third-order valence-electron chi connectivity index (χ3n) is 3.67. The summed E-state index contributed by atoms with van der Waals surface area (Å²) in [7, 11) is 0. The highest BCUT2D eigenvalue weighted by Crippen LogP contribution is 2.26. The molecule has 108 valence electrons.